The summed E-state index contributed by atoms with van der Waals surface area (Å²) in [7, 11) is 0. The molecule has 1 saturated carbocycles. The van der Waals surface area contributed by atoms with Gasteiger partial charge in [0, 0.05) is 5.56 Å². The van der Waals surface area contributed by atoms with Gasteiger partial charge in [-0.1, -0.05) is 44.0 Å². The molecular formula is C15H20O2. The van der Waals surface area contributed by atoms with Crippen LogP contribution in [0, 0.1) is 0 Å². The van der Waals surface area contributed by atoms with Gasteiger partial charge in [-0.2, -0.15) is 0 Å². The van der Waals surface area contributed by atoms with E-state index in [9.17, 15) is 9.90 Å². The summed E-state index contributed by atoms with van der Waals surface area (Å²) in [5, 5.41) is 9.82. The van der Waals surface area contributed by atoms with Gasteiger partial charge in [-0.3, -0.25) is 4.79 Å². The number of Topliss-reactive ketones (excluding diaryl/α,β-unsaturated/α-hetero) is 1. The molecule has 0 spiro atoms. The van der Waals surface area contributed by atoms with Crippen LogP contribution in [0.3, 0.4) is 0 Å². The minimum atomic E-state index is -0.832. The lowest BCUT2D eigenvalue weighted by molar-refractivity contribution is 0.0727. The molecule has 92 valence electrons. The predicted molar refractivity (Wildman–Crippen MR) is 68.3 cm³/mol. The Labute approximate surface area is 103 Å². The van der Waals surface area contributed by atoms with Gasteiger partial charge in [-0.15, -0.1) is 0 Å². The molecule has 1 unspecified atom stereocenters. The van der Waals surface area contributed by atoms with Gasteiger partial charge in [0.25, 0.3) is 0 Å². The van der Waals surface area contributed by atoms with E-state index in [1.165, 1.54) is 19.3 Å². The van der Waals surface area contributed by atoms with Crippen LogP contribution in [0.5, 0.6) is 0 Å². The first-order valence-electron chi connectivity index (χ1n) is 6.55. The molecule has 0 radical (unpaired) electrons. The van der Waals surface area contributed by atoms with E-state index in [4.69, 9.17) is 0 Å². The fourth-order valence-corrected chi connectivity index (χ4v) is 2.38. The first kappa shape index (κ1) is 12.3. The molecule has 1 aromatic carbocycles. The van der Waals surface area contributed by atoms with E-state index in [1.807, 2.05) is 31.2 Å². The van der Waals surface area contributed by atoms with Crippen LogP contribution in [0.2, 0.25) is 0 Å². The fourth-order valence-electron chi connectivity index (χ4n) is 2.38. The molecule has 0 saturated heterocycles. The molecule has 0 aromatic heterocycles. The number of aliphatic hydroxyl groups is 1. The van der Waals surface area contributed by atoms with Gasteiger partial charge in [0.15, 0.2) is 5.78 Å². The number of benzene rings is 1. The molecule has 0 bridgehead atoms. The predicted octanol–water partition coefficient (Wildman–Crippen LogP) is 3.30. The van der Waals surface area contributed by atoms with E-state index in [2.05, 4.69) is 0 Å². The van der Waals surface area contributed by atoms with Gasteiger partial charge < -0.3 is 5.11 Å². The second kappa shape index (κ2) is 5.46. The highest BCUT2D eigenvalue weighted by atomic mass is 16.3. The monoisotopic (exact) mass is 232 g/mol. The Morgan fingerprint density at radius 2 is 2.12 bits per heavy atom. The van der Waals surface area contributed by atoms with Crippen LogP contribution >= 0.6 is 0 Å². The number of hydrogen-bond acceptors (Lipinski definition) is 2. The number of ketones is 1. The third kappa shape index (κ3) is 2.58. The SMILES string of the molecule is CCCC(O)C(=O)c1ccccc1C1CCC1. The van der Waals surface area contributed by atoms with Gasteiger partial charge in [0.1, 0.15) is 6.10 Å². The van der Waals surface area contributed by atoms with E-state index in [0.29, 0.717) is 12.3 Å². The van der Waals surface area contributed by atoms with Crippen LogP contribution in [-0.2, 0) is 0 Å². The first-order chi connectivity index (χ1) is 8.24. The Morgan fingerprint density at radius 1 is 1.41 bits per heavy atom. The quantitative estimate of drug-likeness (QED) is 0.791. The lowest BCUT2D eigenvalue weighted by Crippen LogP contribution is -2.23. The van der Waals surface area contributed by atoms with Crippen molar-refractivity contribution in [3.8, 4) is 0 Å². The maximum absolute atomic E-state index is 12.1. The molecule has 1 fully saturated rings. The Kier molecular flexibility index (Phi) is 3.95. The van der Waals surface area contributed by atoms with Crippen molar-refractivity contribution in [2.45, 2.75) is 51.0 Å². The number of carbonyl (C=O) groups is 1. The summed E-state index contributed by atoms with van der Waals surface area (Å²) in [6.45, 7) is 1.98. The summed E-state index contributed by atoms with van der Waals surface area (Å²) in [5.41, 5.74) is 1.87. The average molecular weight is 232 g/mol. The molecule has 2 rings (SSSR count). The second-order valence-electron chi connectivity index (χ2n) is 4.88. The summed E-state index contributed by atoms with van der Waals surface area (Å²) in [4.78, 5) is 12.1. The molecule has 1 N–H and O–H groups in total. The molecule has 0 aliphatic heterocycles. The highest BCUT2D eigenvalue weighted by molar-refractivity contribution is 6.00. The zero-order valence-corrected chi connectivity index (χ0v) is 10.4. The molecule has 1 atom stereocenters. The smallest absolute Gasteiger partial charge is 0.191 e. The molecular weight excluding hydrogens is 212 g/mol. The molecule has 2 nitrogen and oxygen atoms in total. The Bertz CT molecular complexity index is 394. The lowest BCUT2D eigenvalue weighted by atomic mass is 9.77. The summed E-state index contributed by atoms with van der Waals surface area (Å²) < 4.78 is 0. The van der Waals surface area contributed by atoms with Crippen LogP contribution in [0.1, 0.15) is 60.9 Å². The first-order valence-corrected chi connectivity index (χ1v) is 6.55. The number of hydrogen-bond donors (Lipinski definition) is 1. The van der Waals surface area contributed by atoms with Gasteiger partial charge in [0.2, 0.25) is 0 Å². The van der Waals surface area contributed by atoms with E-state index in [-0.39, 0.29) is 5.78 Å². The maximum atomic E-state index is 12.1. The minimum absolute atomic E-state index is 0.102. The van der Waals surface area contributed by atoms with E-state index >= 15 is 0 Å². The van der Waals surface area contributed by atoms with Crippen molar-refractivity contribution in [1.82, 2.24) is 0 Å². The third-order valence-corrected chi connectivity index (χ3v) is 3.64. The maximum Gasteiger partial charge on any atom is 0.191 e. The largest absolute Gasteiger partial charge is 0.385 e. The van der Waals surface area contributed by atoms with Crippen LogP contribution in [0.15, 0.2) is 24.3 Å². The Balaban J connectivity index is 2.21. The fraction of sp³-hybridized carbons (Fsp3) is 0.533. The third-order valence-electron chi connectivity index (χ3n) is 3.64. The molecule has 0 heterocycles. The van der Waals surface area contributed by atoms with Crippen molar-refractivity contribution in [2.24, 2.45) is 0 Å². The standard InChI is InChI=1S/C15H20O2/c1-2-6-14(16)15(17)13-10-4-3-9-12(13)11-7-5-8-11/h3-4,9-11,14,16H,2,5-8H2,1H3. The van der Waals surface area contributed by atoms with Crippen LogP contribution in [-0.4, -0.2) is 17.0 Å². The van der Waals surface area contributed by atoms with Crippen molar-refractivity contribution in [1.29, 1.82) is 0 Å². The number of aliphatic hydroxyl groups excluding tert-OH is 1. The molecule has 1 aliphatic rings. The van der Waals surface area contributed by atoms with Gasteiger partial charge in [0.05, 0.1) is 0 Å². The number of carbonyl (C=O) groups excluding carboxylic acids is 1. The number of rotatable bonds is 5. The van der Waals surface area contributed by atoms with Crippen LogP contribution in [0.25, 0.3) is 0 Å². The van der Waals surface area contributed by atoms with Crippen molar-refractivity contribution in [2.75, 3.05) is 0 Å². The molecule has 0 amide bonds. The summed E-state index contributed by atoms with van der Waals surface area (Å²) in [6, 6.07) is 7.76. The zero-order valence-electron chi connectivity index (χ0n) is 10.4. The van der Waals surface area contributed by atoms with Gasteiger partial charge >= 0.3 is 0 Å². The topological polar surface area (TPSA) is 37.3 Å². The Morgan fingerprint density at radius 3 is 2.71 bits per heavy atom. The Hall–Kier alpha value is -1.15. The normalized spacial score (nSPS) is 17.5. The molecule has 2 heteroatoms. The van der Waals surface area contributed by atoms with Crippen molar-refractivity contribution in [3.63, 3.8) is 0 Å². The minimum Gasteiger partial charge on any atom is -0.385 e. The van der Waals surface area contributed by atoms with E-state index in [1.54, 1.807) is 0 Å². The van der Waals surface area contributed by atoms with Crippen molar-refractivity contribution in [3.05, 3.63) is 35.4 Å². The molecule has 17 heavy (non-hydrogen) atoms. The molecule has 1 aliphatic carbocycles. The summed E-state index contributed by atoms with van der Waals surface area (Å²) >= 11 is 0. The van der Waals surface area contributed by atoms with Crippen molar-refractivity contribution >= 4 is 5.78 Å². The zero-order chi connectivity index (χ0) is 12.3. The average Bonchev–Trinajstić information content (AvgIpc) is 2.27. The van der Waals surface area contributed by atoms with E-state index < -0.39 is 6.10 Å². The lowest BCUT2D eigenvalue weighted by Gasteiger charge is -2.28. The summed E-state index contributed by atoms with van der Waals surface area (Å²) in [5.74, 6) is 0.429. The second-order valence-corrected chi connectivity index (χ2v) is 4.88. The van der Waals surface area contributed by atoms with E-state index in [0.717, 1.165) is 17.5 Å². The van der Waals surface area contributed by atoms with Gasteiger partial charge in [-0.25, -0.2) is 0 Å². The van der Waals surface area contributed by atoms with Crippen LogP contribution in [0.4, 0.5) is 0 Å². The summed E-state index contributed by atoms with van der Waals surface area (Å²) in [6.07, 6.45) is 4.16. The van der Waals surface area contributed by atoms with Crippen LogP contribution < -0.4 is 0 Å². The molecule has 1 aromatic rings. The highest BCUT2D eigenvalue weighted by Gasteiger charge is 2.26. The van der Waals surface area contributed by atoms with Crippen molar-refractivity contribution < 1.29 is 9.90 Å². The highest BCUT2D eigenvalue weighted by Crippen LogP contribution is 2.38. The van der Waals surface area contributed by atoms with Gasteiger partial charge in [-0.05, 0) is 30.7 Å².